The minimum atomic E-state index is -0.418. The van der Waals surface area contributed by atoms with Crippen LogP contribution in [0.4, 0.5) is 5.69 Å². The summed E-state index contributed by atoms with van der Waals surface area (Å²) in [5, 5.41) is 11.9. The van der Waals surface area contributed by atoms with E-state index < -0.39 is 11.8 Å². The van der Waals surface area contributed by atoms with Crippen molar-refractivity contribution >= 4 is 17.5 Å². The fourth-order valence-corrected chi connectivity index (χ4v) is 2.64. The molecule has 0 bridgehead atoms. The van der Waals surface area contributed by atoms with Crippen LogP contribution >= 0.6 is 0 Å². The molecule has 2 heterocycles. The fraction of sp³-hybridized carbons (Fsp3) is 0.211. The number of aromatic nitrogens is 1. The number of carbonyl (C=O) groups excluding carboxylic acids is 2. The molecule has 2 aromatic rings. The molecule has 0 saturated heterocycles. The summed E-state index contributed by atoms with van der Waals surface area (Å²) in [5.74, 6) is -0.827. The lowest BCUT2D eigenvalue weighted by Gasteiger charge is -2.13. The van der Waals surface area contributed by atoms with Crippen LogP contribution in [0.2, 0.25) is 0 Å². The molecule has 0 radical (unpaired) electrons. The van der Waals surface area contributed by atoms with Gasteiger partial charge in [-0.2, -0.15) is 0 Å². The standard InChI is InChI=1S/C19H19N3O3/c23-12-11-22-18(24)13-17(19(22)25)21-16-8-5-14(6-9-16)4-7-15-3-1-2-10-20-15/h1-3,5-6,8-10,13,21,23H,4,7,11-12H2. The normalized spacial score (nSPS) is 14.0. The number of aliphatic hydroxyl groups is 1. The molecule has 1 aromatic heterocycles. The van der Waals surface area contributed by atoms with Crippen LogP contribution in [-0.2, 0) is 22.4 Å². The highest BCUT2D eigenvalue weighted by Gasteiger charge is 2.30. The largest absolute Gasteiger partial charge is 0.395 e. The molecular formula is C19H19N3O3. The number of β-amino-alcohol motifs (C(OH)–C–C–N with tert-alkyl or cyclic N) is 1. The first-order valence-corrected chi connectivity index (χ1v) is 8.11. The number of pyridine rings is 1. The first-order chi connectivity index (χ1) is 12.2. The Balaban J connectivity index is 1.59. The predicted molar refractivity (Wildman–Crippen MR) is 93.6 cm³/mol. The summed E-state index contributed by atoms with van der Waals surface area (Å²) in [6.07, 6.45) is 4.78. The molecule has 0 aliphatic carbocycles. The van der Waals surface area contributed by atoms with Crippen LogP contribution in [0.5, 0.6) is 0 Å². The van der Waals surface area contributed by atoms with Gasteiger partial charge in [0.2, 0.25) is 0 Å². The Bertz CT molecular complexity index is 785. The molecular weight excluding hydrogens is 318 g/mol. The number of hydrogen-bond donors (Lipinski definition) is 2. The fourth-order valence-electron chi connectivity index (χ4n) is 2.64. The zero-order chi connectivity index (χ0) is 17.6. The maximum absolute atomic E-state index is 12.1. The molecule has 0 saturated carbocycles. The van der Waals surface area contributed by atoms with E-state index in [1.165, 1.54) is 11.6 Å². The quantitative estimate of drug-likeness (QED) is 0.749. The molecule has 3 rings (SSSR count). The van der Waals surface area contributed by atoms with Gasteiger partial charge in [0.25, 0.3) is 11.8 Å². The van der Waals surface area contributed by atoms with Crippen molar-refractivity contribution in [3.8, 4) is 0 Å². The molecule has 6 heteroatoms. The number of amides is 2. The second kappa shape index (κ2) is 7.72. The van der Waals surface area contributed by atoms with E-state index in [0.717, 1.165) is 29.1 Å². The van der Waals surface area contributed by atoms with Gasteiger partial charge < -0.3 is 10.4 Å². The van der Waals surface area contributed by atoms with Gasteiger partial charge in [-0.15, -0.1) is 0 Å². The molecule has 1 aliphatic rings. The smallest absolute Gasteiger partial charge is 0.277 e. The van der Waals surface area contributed by atoms with E-state index in [2.05, 4.69) is 10.3 Å². The van der Waals surface area contributed by atoms with Gasteiger partial charge >= 0.3 is 0 Å². The Morgan fingerprint density at radius 2 is 1.84 bits per heavy atom. The van der Waals surface area contributed by atoms with E-state index >= 15 is 0 Å². The molecule has 0 unspecified atom stereocenters. The number of anilines is 1. The number of carbonyl (C=O) groups is 2. The summed E-state index contributed by atoms with van der Waals surface area (Å²) in [6, 6.07) is 13.6. The highest BCUT2D eigenvalue weighted by Crippen LogP contribution is 2.18. The minimum Gasteiger partial charge on any atom is -0.395 e. The lowest BCUT2D eigenvalue weighted by atomic mass is 10.1. The van der Waals surface area contributed by atoms with Crippen LogP contribution in [0.3, 0.4) is 0 Å². The van der Waals surface area contributed by atoms with Crippen LogP contribution < -0.4 is 5.32 Å². The molecule has 0 fully saturated rings. The van der Waals surface area contributed by atoms with Crippen LogP contribution in [0.25, 0.3) is 0 Å². The molecule has 1 aliphatic heterocycles. The summed E-state index contributed by atoms with van der Waals surface area (Å²) in [6.45, 7) is -0.241. The average molecular weight is 337 g/mol. The van der Waals surface area contributed by atoms with E-state index in [-0.39, 0.29) is 18.8 Å². The summed E-state index contributed by atoms with van der Waals surface area (Å²) in [7, 11) is 0. The number of aryl methyl sites for hydroxylation is 2. The van der Waals surface area contributed by atoms with Gasteiger partial charge in [-0.25, -0.2) is 0 Å². The lowest BCUT2D eigenvalue weighted by molar-refractivity contribution is -0.137. The predicted octanol–water partition coefficient (Wildman–Crippen LogP) is 1.52. The lowest BCUT2D eigenvalue weighted by Crippen LogP contribution is -2.34. The average Bonchev–Trinajstić information content (AvgIpc) is 2.90. The molecule has 2 N–H and O–H groups in total. The number of rotatable bonds is 7. The number of aliphatic hydroxyl groups excluding tert-OH is 1. The zero-order valence-corrected chi connectivity index (χ0v) is 13.7. The van der Waals surface area contributed by atoms with Crippen molar-refractivity contribution < 1.29 is 14.7 Å². The van der Waals surface area contributed by atoms with Gasteiger partial charge in [0.05, 0.1) is 13.2 Å². The molecule has 128 valence electrons. The maximum atomic E-state index is 12.1. The van der Waals surface area contributed by atoms with E-state index in [0.29, 0.717) is 0 Å². The third-order valence-corrected chi connectivity index (χ3v) is 3.96. The minimum absolute atomic E-state index is 0.00576. The van der Waals surface area contributed by atoms with Gasteiger partial charge in [-0.1, -0.05) is 18.2 Å². The Labute approximate surface area is 145 Å². The van der Waals surface area contributed by atoms with Gasteiger partial charge in [-0.05, 0) is 42.7 Å². The topological polar surface area (TPSA) is 82.5 Å². The van der Waals surface area contributed by atoms with Crippen molar-refractivity contribution in [3.63, 3.8) is 0 Å². The Hall–Kier alpha value is -2.99. The monoisotopic (exact) mass is 337 g/mol. The second-order valence-electron chi connectivity index (χ2n) is 5.72. The zero-order valence-electron chi connectivity index (χ0n) is 13.7. The van der Waals surface area contributed by atoms with Gasteiger partial charge in [0.1, 0.15) is 5.70 Å². The molecule has 25 heavy (non-hydrogen) atoms. The van der Waals surface area contributed by atoms with Crippen molar-refractivity contribution in [2.45, 2.75) is 12.8 Å². The first kappa shape index (κ1) is 16.9. The maximum Gasteiger partial charge on any atom is 0.277 e. The van der Waals surface area contributed by atoms with Gasteiger partial charge in [-0.3, -0.25) is 19.5 Å². The van der Waals surface area contributed by atoms with Crippen LogP contribution in [0.15, 0.2) is 60.4 Å². The number of benzene rings is 1. The number of nitrogens with one attached hydrogen (secondary N) is 1. The molecule has 0 spiro atoms. The Morgan fingerprint density at radius 3 is 2.52 bits per heavy atom. The number of hydrogen-bond acceptors (Lipinski definition) is 5. The third-order valence-electron chi connectivity index (χ3n) is 3.96. The van der Waals surface area contributed by atoms with Crippen molar-refractivity contribution in [1.29, 1.82) is 0 Å². The molecule has 1 aromatic carbocycles. The summed E-state index contributed by atoms with van der Waals surface area (Å²) >= 11 is 0. The SMILES string of the molecule is O=C1C=C(Nc2ccc(CCc3ccccn3)cc2)C(=O)N1CCO. The molecule has 0 atom stereocenters. The van der Waals surface area contributed by atoms with Crippen molar-refractivity contribution in [1.82, 2.24) is 9.88 Å². The van der Waals surface area contributed by atoms with Crippen LogP contribution in [-0.4, -0.2) is 40.0 Å². The summed E-state index contributed by atoms with van der Waals surface area (Å²) in [5.41, 5.74) is 3.18. The molecule has 2 amide bonds. The van der Waals surface area contributed by atoms with Crippen LogP contribution in [0, 0.1) is 0 Å². The van der Waals surface area contributed by atoms with Gasteiger partial charge in [0.15, 0.2) is 0 Å². The van der Waals surface area contributed by atoms with Crippen molar-refractivity contribution in [2.24, 2.45) is 0 Å². The number of imide groups is 1. The van der Waals surface area contributed by atoms with Gasteiger partial charge in [0, 0.05) is 23.7 Å². The van der Waals surface area contributed by atoms with E-state index in [4.69, 9.17) is 5.11 Å². The Kier molecular flexibility index (Phi) is 5.20. The first-order valence-electron chi connectivity index (χ1n) is 8.11. The number of nitrogens with zero attached hydrogens (tertiary/aromatic N) is 2. The highest BCUT2D eigenvalue weighted by molar-refractivity contribution is 6.17. The summed E-state index contributed by atoms with van der Waals surface area (Å²) < 4.78 is 0. The molecule has 6 nitrogen and oxygen atoms in total. The van der Waals surface area contributed by atoms with E-state index in [9.17, 15) is 9.59 Å². The summed E-state index contributed by atoms with van der Waals surface area (Å²) in [4.78, 5) is 29.1. The Morgan fingerprint density at radius 1 is 1.04 bits per heavy atom. The van der Waals surface area contributed by atoms with E-state index in [1.54, 1.807) is 6.20 Å². The van der Waals surface area contributed by atoms with Crippen molar-refractivity contribution in [2.75, 3.05) is 18.5 Å². The van der Waals surface area contributed by atoms with Crippen molar-refractivity contribution in [3.05, 3.63) is 71.7 Å². The van der Waals surface area contributed by atoms with Crippen LogP contribution in [0.1, 0.15) is 11.3 Å². The second-order valence-corrected chi connectivity index (χ2v) is 5.72. The third kappa shape index (κ3) is 4.10. The van der Waals surface area contributed by atoms with E-state index in [1.807, 2.05) is 42.5 Å². The highest BCUT2D eigenvalue weighted by atomic mass is 16.3.